The summed E-state index contributed by atoms with van der Waals surface area (Å²) < 4.78 is 24.8. The molecule has 2 atom stereocenters. The Kier molecular flexibility index (Phi) is 2.68. The molecule has 1 rings (SSSR count). The summed E-state index contributed by atoms with van der Waals surface area (Å²) in [6, 6.07) is -0.110. The molecule has 0 aromatic carbocycles. The van der Waals surface area contributed by atoms with Crippen molar-refractivity contribution in [3.8, 4) is 0 Å². The molecule has 0 bridgehead atoms. The van der Waals surface area contributed by atoms with Crippen molar-refractivity contribution in [1.29, 1.82) is 0 Å². The van der Waals surface area contributed by atoms with E-state index < -0.39 is 17.7 Å². The first-order valence-electron chi connectivity index (χ1n) is 4.26. The van der Waals surface area contributed by atoms with Gasteiger partial charge in [0.15, 0.2) is 0 Å². The fraction of sp³-hybridized carbons (Fsp3) is 0.667. The van der Waals surface area contributed by atoms with Gasteiger partial charge in [-0.1, -0.05) is 6.08 Å². The zero-order chi connectivity index (χ0) is 10.1. The van der Waals surface area contributed by atoms with E-state index in [0.717, 1.165) is 0 Å². The molecule has 0 saturated heterocycles. The zero-order valence-electron chi connectivity index (χ0n) is 7.52. The van der Waals surface area contributed by atoms with Crippen LogP contribution in [0, 0.1) is 5.92 Å². The molecule has 13 heavy (non-hydrogen) atoms. The van der Waals surface area contributed by atoms with Crippen molar-refractivity contribution >= 4 is 5.91 Å². The van der Waals surface area contributed by atoms with E-state index in [4.69, 9.17) is 0 Å². The van der Waals surface area contributed by atoms with Crippen molar-refractivity contribution in [2.75, 3.05) is 0 Å². The third-order valence-corrected chi connectivity index (χ3v) is 2.05. The van der Waals surface area contributed by atoms with Gasteiger partial charge in [0, 0.05) is 12.5 Å². The van der Waals surface area contributed by atoms with Gasteiger partial charge in [-0.05, 0) is 13.3 Å². The van der Waals surface area contributed by atoms with Crippen LogP contribution >= 0.6 is 0 Å². The number of rotatable bonds is 4. The molecule has 1 fully saturated rings. The normalized spacial score (nSPS) is 26.2. The van der Waals surface area contributed by atoms with Crippen LogP contribution in [0.2, 0.25) is 0 Å². The van der Waals surface area contributed by atoms with Crippen LogP contribution in [0.1, 0.15) is 19.8 Å². The van der Waals surface area contributed by atoms with Crippen LogP contribution in [0.15, 0.2) is 12.7 Å². The summed E-state index contributed by atoms with van der Waals surface area (Å²) in [6.07, 6.45) is 1.94. The van der Waals surface area contributed by atoms with Crippen LogP contribution in [0.25, 0.3) is 0 Å². The van der Waals surface area contributed by atoms with E-state index in [1.807, 2.05) is 0 Å². The molecular weight excluding hydrogens is 176 g/mol. The Morgan fingerprint density at radius 1 is 1.85 bits per heavy atom. The van der Waals surface area contributed by atoms with Gasteiger partial charge in [0.1, 0.15) is 5.92 Å². The van der Waals surface area contributed by atoms with Crippen molar-refractivity contribution in [2.45, 2.75) is 31.7 Å². The Morgan fingerprint density at radius 2 is 2.38 bits per heavy atom. The molecule has 1 unspecified atom stereocenters. The first-order valence-corrected chi connectivity index (χ1v) is 4.26. The number of alkyl halides is 2. The highest BCUT2D eigenvalue weighted by Gasteiger charge is 2.61. The summed E-state index contributed by atoms with van der Waals surface area (Å²) in [6.45, 7) is 5.26. The Bertz CT molecular complexity index is 228. The van der Waals surface area contributed by atoms with E-state index in [1.54, 1.807) is 13.0 Å². The molecule has 1 saturated carbocycles. The maximum absolute atomic E-state index is 12.4. The predicted molar refractivity (Wildman–Crippen MR) is 45.5 cm³/mol. The number of nitrogens with one attached hydrogen (secondary N) is 1. The van der Waals surface area contributed by atoms with Gasteiger partial charge in [-0.3, -0.25) is 4.79 Å². The molecule has 0 spiro atoms. The van der Waals surface area contributed by atoms with E-state index in [1.165, 1.54) is 0 Å². The van der Waals surface area contributed by atoms with E-state index in [-0.39, 0.29) is 12.5 Å². The van der Waals surface area contributed by atoms with E-state index in [0.29, 0.717) is 6.42 Å². The fourth-order valence-corrected chi connectivity index (χ4v) is 1.15. The summed E-state index contributed by atoms with van der Waals surface area (Å²) in [5, 5.41) is 2.51. The first-order chi connectivity index (χ1) is 5.97. The van der Waals surface area contributed by atoms with Crippen LogP contribution in [0.3, 0.4) is 0 Å². The van der Waals surface area contributed by atoms with Gasteiger partial charge in [0.2, 0.25) is 5.91 Å². The number of halogens is 2. The standard InChI is InChI=1S/C9H13F2NO/c1-3-4-6(2)12-8(13)7-5-9(7,10)11/h3,6-7H,1,4-5H2,2H3,(H,12,13)/t6?,7-/m0/s1. The lowest BCUT2D eigenvalue weighted by atomic mass is 10.2. The summed E-state index contributed by atoms with van der Waals surface area (Å²) in [5.74, 6) is -4.41. The third kappa shape index (κ3) is 2.50. The first kappa shape index (κ1) is 10.2. The second-order valence-corrected chi connectivity index (χ2v) is 3.45. The monoisotopic (exact) mass is 189 g/mol. The van der Waals surface area contributed by atoms with Crippen molar-refractivity contribution in [1.82, 2.24) is 5.32 Å². The highest BCUT2D eigenvalue weighted by atomic mass is 19.3. The van der Waals surface area contributed by atoms with Gasteiger partial charge in [-0.2, -0.15) is 0 Å². The zero-order valence-corrected chi connectivity index (χ0v) is 7.52. The van der Waals surface area contributed by atoms with Gasteiger partial charge in [0.05, 0.1) is 0 Å². The second kappa shape index (κ2) is 3.44. The topological polar surface area (TPSA) is 29.1 Å². The van der Waals surface area contributed by atoms with Crippen molar-refractivity contribution < 1.29 is 13.6 Å². The second-order valence-electron chi connectivity index (χ2n) is 3.45. The molecule has 2 nitrogen and oxygen atoms in total. The van der Waals surface area contributed by atoms with Crippen molar-refractivity contribution in [3.63, 3.8) is 0 Å². The van der Waals surface area contributed by atoms with Crippen LogP contribution in [-0.2, 0) is 4.79 Å². The SMILES string of the molecule is C=CCC(C)NC(=O)[C@@H]1CC1(F)F. The number of carbonyl (C=O) groups is 1. The Labute approximate surface area is 76.0 Å². The van der Waals surface area contributed by atoms with Crippen LogP contribution in [0.5, 0.6) is 0 Å². The van der Waals surface area contributed by atoms with Gasteiger partial charge in [-0.15, -0.1) is 6.58 Å². The quantitative estimate of drug-likeness (QED) is 0.670. The lowest BCUT2D eigenvalue weighted by molar-refractivity contribution is -0.125. The van der Waals surface area contributed by atoms with Gasteiger partial charge >= 0.3 is 0 Å². The van der Waals surface area contributed by atoms with Gasteiger partial charge in [0.25, 0.3) is 5.92 Å². The molecule has 0 aromatic heterocycles. The minimum absolute atomic E-state index is 0.110. The van der Waals surface area contributed by atoms with Crippen LogP contribution < -0.4 is 5.32 Å². The Morgan fingerprint density at radius 3 is 2.77 bits per heavy atom. The molecule has 74 valence electrons. The Hall–Kier alpha value is -0.930. The fourth-order valence-electron chi connectivity index (χ4n) is 1.15. The molecule has 1 N–H and O–H groups in total. The largest absolute Gasteiger partial charge is 0.353 e. The maximum atomic E-state index is 12.4. The molecule has 1 amide bonds. The number of amides is 1. The molecule has 0 radical (unpaired) electrons. The number of carbonyl (C=O) groups excluding carboxylic acids is 1. The van der Waals surface area contributed by atoms with Crippen molar-refractivity contribution in [3.05, 3.63) is 12.7 Å². The number of hydrogen-bond acceptors (Lipinski definition) is 1. The Balaban J connectivity index is 2.30. The third-order valence-electron chi connectivity index (χ3n) is 2.05. The predicted octanol–water partition coefficient (Wildman–Crippen LogP) is 1.72. The number of hydrogen-bond donors (Lipinski definition) is 1. The molecule has 1 aliphatic carbocycles. The molecule has 0 heterocycles. The van der Waals surface area contributed by atoms with E-state index >= 15 is 0 Å². The summed E-state index contributed by atoms with van der Waals surface area (Å²) in [4.78, 5) is 11.1. The molecule has 0 aromatic rings. The van der Waals surface area contributed by atoms with Crippen LogP contribution in [0.4, 0.5) is 8.78 Å². The van der Waals surface area contributed by atoms with Gasteiger partial charge < -0.3 is 5.32 Å². The minimum atomic E-state index is -2.77. The van der Waals surface area contributed by atoms with Crippen LogP contribution in [-0.4, -0.2) is 17.9 Å². The lowest BCUT2D eigenvalue weighted by Crippen LogP contribution is -2.34. The molecule has 4 heteroatoms. The molecular formula is C9H13F2NO. The average molecular weight is 189 g/mol. The van der Waals surface area contributed by atoms with E-state index in [9.17, 15) is 13.6 Å². The molecule has 1 aliphatic rings. The smallest absolute Gasteiger partial charge is 0.260 e. The summed E-state index contributed by atoms with van der Waals surface area (Å²) in [7, 11) is 0. The van der Waals surface area contributed by atoms with E-state index in [2.05, 4.69) is 11.9 Å². The summed E-state index contributed by atoms with van der Waals surface area (Å²) in [5.41, 5.74) is 0. The highest BCUT2D eigenvalue weighted by molar-refractivity contribution is 5.83. The summed E-state index contributed by atoms with van der Waals surface area (Å²) >= 11 is 0. The minimum Gasteiger partial charge on any atom is -0.353 e. The van der Waals surface area contributed by atoms with Crippen molar-refractivity contribution in [2.24, 2.45) is 5.92 Å². The molecule has 0 aliphatic heterocycles. The average Bonchev–Trinajstić information content (AvgIpc) is 2.60. The lowest BCUT2D eigenvalue weighted by Gasteiger charge is -2.10. The maximum Gasteiger partial charge on any atom is 0.260 e. The van der Waals surface area contributed by atoms with Gasteiger partial charge in [-0.25, -0.2) is 8.78 Å². The highest BCUT2D eigenvalue weighted by Crippen LogP contribution is 2.48.